The van der Waals surface area contributed by atoms with E-state index in [2.05, 4.69) is 5.16 Å². The topological polar surface area (TPSA) is 30.8 Å². The van der Waals surface area contributed by atoms with Gasteiger partial charge in [-0.15, -0.1) is 0 Å². The van der Waals surface area contributed by atoms with Crippen molar-refractivity contribution in [3.8, 4) is 0 Å². The summed E-state index contributed by atoms with van der Waals surface area (Å²) in [5.74, 6) is 0.557. The van der Waals surface area contributed by atoms with Crippen LogP contribution in [-0.4, -0.2) is 18.1 Å². The number of ether oxygens (including phenoxy) is 1. The molecule has 14 heavy (non-hydrogen) atoms. The molecule has 1 aromatic carbocycles. The van der Waals surface area contributed by atoms with Gasteiger partial charge in [0.05, 0.1) is 0 Å². The monoisotopic (exact) mass is 191 g/mol. The Morgan fingerprint density at radius 3 is 2.57 bits per heavy atom. The summed E-state index contributed by atoms with van der Waals surface area (Å²) in [6.45, 7) is 4.44. The van der Waals surface area contributed by atoms with Gasteiger partial charge >= 0.3 is 0 Å². The molecule has 0 radical (unpaired) electrons. The first-order chi connectivity index (χ1) is 6.67. The zero-order valence-corrected chi connectivity index (χ0v) is 8.36. The van der Waals surface area contributed by atoms with E-state index in [-0.39, 0.29) is 5.60 Å². The zero-order chi connectivity index (χ0) is 10.0. The summed E-state index contributed by atoms with van der Waals surface area (Å²) in [5.41, 5.74) is 0.646. The van der Waals surface area contributed by atoms with E-state index in [1.807, 2.05) is 44.2 Å². The van der Waals surface area contributed by atoms with Gasteiger partial charge in [0.1, 0.15) is 5.60 Å². The molecule has 1 aliphatic rings. The maximum atomic E-state index is 5.68. The molecule has 0 N–H and O–H groups in total. The fourth-order valence-corrected chi connectivity index (χ4v) is 1.25. The Hall–Kier alpha value is -1.51. The average Bonchev–Trinajstić information content (AvgIpc) is 2.18. The van der Waals surface area contributed by atoms with Gasteiger partial charge in [-0.1, -0.05) is 18.2 Å². The molecule has 2 rings (SSSR count). The van der Waals surface area contributed by atoms with Crippen LogP contribution in [0.3, 0.4) is 0 Å². The van der Waals surface area contributed by atoms with Crippen LogP contribution in [0.25, 0.3) is 0 Å². The van der Waals surface area contributed by atoms with Crippen molar-refractivity contribution in [3.05, 3.63) is 35.9 Å². The van der Waals surface area contributed by atoms with Gasteiger partial charge < -0.3 is 9.57 Å². The van der Waals surface area contributed by atoms with Crippen molar-refractivity contribution in [3.63, 3.8) is 0 Å². The molecule has 0 fully saturated rings. The van der Waals surface area contributed by atoms with Crippen molar-refractivity contribution in [2.24, 2.45) is 5.16 Å². The molecule has 1 aliphatic heterocycles. The highest BCUT2D eigenvalue weighted by Gasteiger charge is 2.27. The lowest BCUT2D eigenvalue weighted by Gasteiger charge is -2.29. The molecular weight excluding hydrogens is 178 g/mol. The Morgan fingerprint density at radius 1 is 1.21 bits per heavy atom. The molecule has 0 unspecified atom stereocenters. The van der Waals surface area contributed by atoms with E-state index in [0.717, 1.165) is 5.56 Å². The van der Waals surface area contributed by atoms with E-state index in [4.69, 9.17) is 9.57 Å². The second-order valence-corrected chi connectivity index (χ2v) is 3.90. The van der Waals surface area contributed by atoms with Crippen molar-refractivity contribution in [1.82, 2.24) is 0 Å². The fraction of sp³-hybridized carbons (Fsp3) is 0.364. The minimum absolute atomic E-state index is 0.299. The van der Waals surface area contributed by atoms with Crippen LogP contribution in [0.2, 0.25) is 0 Å². The normalized spacial score (nSPS) is 19.1. The van der Waals surface area contributed by atoms with E-state index >= 15 is 0 Å². The lowest BCUT2D eigenvalue weighted by atomic mass is 10.1. The molecule has 0 spiro atoms. The molecule has 0 amide bonds. The van der Waals surface area contributed by atoms with E-state index in [1.165, 1.54) is 0 Å². The molecule has 0 saturated carbocycles. The lowest BCUT2D eigenvalue weighted by molar-refractivity contribution is -0.0426. The third-order valence-electron chi connectivity index (χ3n) is 1.95. The second-order valence-electron chi connectivity index (χ2n) is 3.90. The van der Waals surface area contributed by atoms with Gasteiger partial charge in [-0.05, 0) is 31.1 Å². The van der Waals surface area contributed by atoms with Crippen LogP contribution in [-0.2, 0) is 9.57 Å². The number of nitrogens with zero attached hydrogens (tertiary/aromatic N) is 1. The Balaban J connectivity index is 2.24. The molecule has 3 nitrogen and oxygen atoms in total. The summed E-state index contributed by atoms with van der Waals surface area (Å²) in [6, 6.07) is 9.75. The lowest BCUT2D eigenvalue weighted by Crippen LogP contribution is -2.36. The van der Waals surface area contributed by atoms with Crippen LogP contribution in [0, 0.1) is 0 Å². The average molecular weight is 191 g/mol. The molecular formula is C11H13NO2. The first-order valence-corrected chi connectivity index (χ1v) is 4.62. The maximum Gasteiger partial charge on any atom is 0.258 e. The zero-order valence-electron chi connectivity index (χ0n) is 8.36. The molecule has 0 bridgehead atoms. The first-order valence-electron chi connectivity index (χ1n) is 4.62. The molecule has 3 heteroatoms. The maximum absolute atomic E-state index is 5.68. The highest BCUT2D eigenvalue weighted by Crippen LogP contribution is 2.18. The predicted octanol–water partition coefficient (Wildman–Crippen LogP) is 2.17. The highest BCUT2D eigenvalue weighted by molar-refractivity contribution is 5.94. The molecule has 1 aromatic rings. The van der Waals surface area contributed by atoms with E-state index in [9.17, 15) is 0 Å². The fourth-order valence-electron chi connectivity index (χ4n) is 1.25. The summed E-state index contributed by atoms with van der Waals surface area (Å²) in [4.78, 5) is 5.11. The van der Waals surface area contributed by atoms with Crippen LogP contribution in [0.1, 0.15) is 19.4 Å². The van der Waals surface area contributed by atoms with E-state index < -0.39 is 0 Å². The summed E-state index contributed by atoms with van der Waals surface area (Å²) >= 11 is 0. The van der Waals surface area contributed by atoms with Gasteiger partial charge in [-0.3, -0.25) is 0 Å². The molecule has 0 aliphatic carbocycles. The standard InChI is InChI=1S/C11H13NO2/c1-11(2)8-13-12-10(14-11)9-6-4-3-5-7-9/h3-7H,8H2,1-2H3. The van der Waals surface area contributed by atoms with Crippen molar-refractivity contribution in [1.29, 1.82) is 0 Å². The summed E-state index contributed by atoms with van der Waals surface area (Å²) in [7, 11) is 0. The number of rotatable bonds is 1. The van der Waals surface area contributed by atoms with Crippen LogP contribution in [0.4, 0.5) is 0 Å². The largest absolute Gasteiger partial charge is 0.465 e. The third-order valence-corrected chi connectivity index (χ3v) is 1.95. The number of hydrogen-bond donors (Lipinski definition) is 0. The van der Waals surface area contributed by atoms with Crippen LogP contribution in [0.15, 0.2) is 35.5 Å². The highest BCUT2D eigenvalue weighted by atomic mass is 16.7. The molecule has 0 aromatic heterocycles. The smallest absolute Gasteiger partial charge is 0.258 e. The number of benzene rings is 1. The quantitative estimate of drug-likeness (QED) is 0.681. The molecule has 1 heterocycles. The Bertz CT molecular complexity index is 344. The Labute approximate surface area is 83.3 Å². The van der Waals surface area contributed by atoms with Gasteiger partial charge in [0.2, 0.25) is 0 Å². The van der Waals surface area contributed by atoms with Crippen LogP contribution < -0.4 is 0 Å². The molecule has 74 valence electrons. The Kier molecular flexibility index (Phi) is 2.15. The predicted molar refractivity (Wildman–Crippen MR) is 54.1 cm³/mol. The SMILES string of the molecule is CC1(C)CON=C(c2ccccc2)O1. The van der Waals surface area contributed by atoms with Gasteiger partial charge in [-0.25, -0.2) is 0 Å². The van der Waals surface area contributed by atoms with Gasteiger partial charge in [0.15, 0.2) is 6.61 Å². The second kappa shape index (κ2) is 3.33. The molecule has 0 atom stereocenters. The van der Waals surface area contributed by atoms with Crippen molar-refractivity contribution in [2.45, 2.75) is 19.4 Å². The van der Waals surface area contributed by atoms with E-state index in [1.54, 1.807) is 0 Å². The van der Waals surface area contributed by atoms with Gasteiger partial charge in [-0.2, -0.15) is 0 Å². The first kappa shape index (κ1) is 9.06. The van der Waals surface area contributed by atoms with Crippen molar-refractivity contribution in [2.75, 3.05) is 6.61 Å². The minimum atomic E-state index is -0.299. The Morgan fingerprint density at radius 2 is 1.93 bits per heavy atom. The van der Waals surface area contributed by atoms with Crippen LogP contribution >= 0.6 is 0 Å². The van der Waals surface area contributed by atoms with Crippen LogP contribution in [0.5, 0.6) is 0 Å². The number of hydrogen-bond acceptors (Lipinski definition) is 3. The number of oxime groups is 1. The minimum Gasteiger partial charge on any atom is -0.465 e. The van der Waals surface area contributed by atoms with Crippen molar-refractivity contribution < 1.29 is 9.57 Å². The summed E-state index contributed by atoms with van der Waals surface area (Å²) < 4.78 is 5.68. The summed E-state index contributed by atoms with van der Waals surface area (Å²) in [6.07, 6.45) is 0. The van der Waals surface area contributed by atoms with Gasteiger partial charge in [0.25, 0.3) is 5.90 Å². The van der Waals surface area contributed by atoms with Crippen molar-refractivity contribution >= 4 is 5.90 Å². The van der Waals surface area contributed by atoms with Gasteiger partial charge in [0, 0.05) is 5.56 Å². The van der Waals surface area contributed by atoms with E-state index in [0.29, 0.717) is 12.5 Å². The molecule has 0 saturated heterocycles. The third kappa shape index (κ3) is 1.87. The summed E-state index contributed by atoms with van der Waals surface area (Å²) in [5, 5.41) is 3.89.